The van der Waals surface area contributed by atoms with Gasteiger partial charge in [-0.05, 0) is 78.8 Å². The van der Waals surface area contributed by atoms with Gasteiger partial charge in [-0.25, -0.2) is 4.39 Å². The van der Waals surface area contributed by atoms with Crippen molar-refractivity contribution >= 4 is 5.97 Å². The summed E-state index contributed by atoms with van der Waals surface area (Å²) in [6.07, 6.45) is 1.23. The third kappa shape index (κ3) is 5.04. The first-order valence-electron chi connectivity index (χ1n) is 12.7. The Labute approximate surface area is 217 Å². The van der Waals surface area contributed by atoms with Gasteiger partial charge in [0.25, 0.3) is 0 Å². The Morgan fingerprint density at radius 3 is 2.54 bits per heavy atom. The number of hydrogen-bond acceptors (Lipinski definition) is 5. The third-order valence-corrected chi connectivity index (χ3v) is 7.00. The lowest BCUT2D eigenvalue weighted by atomic mass is 9.89. The van der Waals surface area contributed by atoms with Crippen molar-refractivity contribution < 1.29 is 23.4 Å². The molecule has 1 aliphatic heterocycles. The number of carbonyl (C=O) groups excluding carboxylic acids is 1. The van der Waals surface area contributed by atoms with Gasteiger partial charge in [0.1, 0.15) is 23.4 Å². The topological polar surface area (TPSA) is 68.6 Å². The maximum Gasteiger partial charge on any atom is 0.306 e. The number of hydrogen-bond donors (Lipinski definition) is 0. The molecule has 37 heavy (non-hydrogen) atoms. The van der Waals surface area contributed by atoms with Gasteiger partial charge in [-0.3, -0.25) is 4.79 Å². The molecule has 0 amide bonds. The molecule has 0 saturated heterocycles. The summed E-state index contributed by atoms with van der Waals surface area (Å²) in [5.41, 5.74) is 7.16. The van der Waals surface area contributed by atoms with Crippen LogP contribution in [0.2, 0.25) is 0 Å². The highest BCUT2D eigenvalue weighted by Crippen LogP contribution is 2.45. The van der Waals surface area contributed by atoms with Gasteiger partial charge in [-0.1, -0.05) is 26.0 Å². The summed E-state index contributed by atoms with van der Waals surface area (Å²) < 4.78 is 31.9. The fraction of sp³-hybridized carbons (Fsp3) is 0.355. The van der Waals surface area contributed by atoms with E-state index in [2.05, 4.69) is 6.07 Å². The first-order valence-corrected chi connectivity index (χ1v) is 12.7. The molecule has 192 valence electrons. The second-order valence-electron chi connectivity index (χ2n) is 9.22. The van der Waals surface area contributed by atoms with E-state index < -0.39 is 6.10 Å². The Morgan fingerprint density at radius 1 is 1.14 bits per heavy atom. The summed E-state index contributed by atoms with van der Waals surface area (Å²) in [6, 6.07) is 14.9. The van der Waals surface area contributed by atoms with Crippen LogP contribution in [0.3, 0.4) is 0 Å². The molecule has 3 aromatic rings. The molecule has 1 aliphatic carbocycles. The lowest BCUT2D eigenvalue weighted by Gasteiger charge is -2.18. The van der Waals surface area contributed by atoms with Crippen LogP contribution in [0, 0.1) is 31.0 Å². The lowest BCUT2D eigenvalue weighted by molar-refractivity contribution is -0.141. The van der Waals surface area contributed by atoms with Crippen LogP contribution in [-0.4, -0.2) is 19.7 Å². The van der Waals surface area contributed by atoms with Crippen molar-refractivity contribution in [3.05, 3.63) is 81.7 Å². The van der Waals surface area contributed by atoms with Crippen molar-refractivity contribution in [2.75, 3.05) is 13.7 Å². The molecule has 0 aromatic heterocycles. The van der Waals surface area contributed by atoms with Gasteiger partial charge in [-0.15, -0.1) is 0 Å². The highest BCUT2D eigenvalue weighted by atomic mass is 19.1. The first kappa shape index (κ1) is 26.2. The molecule has 0 N–H and O–H groups in total. The molecule has 0 bridgehead atoms. The zero-order valence-corrected chi connectivity index (χ0v) is 22.0. The Bertz CT molecular complexity index is 1350. The maximum atomic E-state index is 15.1. The SMILES string of the molecule is CC.COC(=O)C[C@@H]1COc2cc(O[C@@H]3CCc4c(-c5c(C)cc(C#N)cc5C)ccc(F)c43)ccc21. The predicted molar refractivity (Wildman–Crippen MR) is 140 cm³/mol. The van der Waals surface area contributed by atoms with Gasteiger partial charge in [0.2, 0.25) is 0 Å². The van der Waals surface area contributed by atoms with Crippen LogP contribution in [0.25, 0.3) is 11.1 Å². The molecule has 2 aliphatic rings. The van der Waals surface area contributed by atoms with Crippen molar-refractivity contribution in [3.63, 3.8) is 0 Å². The van der Waals surface area contributed by atoms with Gasteiger partial charge >= 0.3 is 5.97 Å². The van der Waals surface area contributed by atoms with Crippen molar-refractivity contribution in [1.82, 2.24) is 0 Å². The quantitative estimate of drug-likeness (QED) is 0.348. The fourth-order valence-electron chi connectivity index (χ4n) is 5.43. The van der Waals surface area contributed by atoms with Crippen molar-refractivity contribution in [2.45, 2.75) is 59.0 Å². The second-order valence-corrected chi connectivity index (χ2v) is 9.22. The third-order valence-electron chi connectivity index (χ3n) is 7.00. The van der Waals surface area contributed by atoms with Crippen LogP contribution in [0.1, 0.15) is 72.1 Å². The van der Waals surface area contributed by atoms with Gasteiger partial charge in [0, 0.05) is 23.1 Å². The minimum absolute atomic E-state index is 0.0439. The van der Waals surface area contributed by atoms with E-state index >= 15 is 4.39 Å². The highest BCUT2D eigenvalue weighted by molar-refractivity contribution is 5.76. The second kappa shape index (κ2) is 11.0. The van der Waals surface area contributed by atoms with Crippen LogP contribution in [-0.2, 0) is 16.0 Å². The summed E-state index contributed by atoms with van der Waals surface area (Å²) in [5.74, 6) is 0.709. The Kier molecular flexibility index (Phi) is 7.83. The molecule has 0 unspecified atom stereocenters. The van der Waals surface area contributed by atoms with Crippen molar-refractivity contribution in [1.29, 1.82) is 5.26 Å². The number of rotatable bonds is 5. The number of benzene rings is 3. The molecule has 3 aromatic carbocycles. The summed E-state index contributed by atoms with van der Waals surface area (Å²) >= 11 is 0. The van der Waals surface area contributed by atoms with E-state index in [0.29, 0.717) is 42.1 Å². The fourth-order valence-corrected chi connectivity index (χ4v) is 5.43. The highest BCUT2D eigenvalue weighted by Gasteiger charge is 2.32. The number of fused-ring (bicyclic) bond motifs is 2. The van der Waals surface area contributed by atoms with E-state index in [1.807, 2.05) is 64.1 Å². The number of aryl methyl sites for hydroxylation is 2. The van der Waals surface area contributed by atoms with E-state index in [9.17, 15) is 10.1 Å². The lowest BCUT2D eigenvalue weighted by Crippen LogP contribution is -2.09. The Balaban J connectivity index is 0.00000156. The first-order chi connectivity index (χ1) is 17.9. The van der Waals surface area contributed by atoms with Gasteiger partial charge in [-0.2, -0.15) is 5.26 Å². The average molecular weight is 502 g/mol. The number of carbonyl (C=O) groups is 1. The van der Waals surface area contributed by atoms with Crippen LogP contribution in [0.15, 0.2) is 42.5 Å². The summed E-state index contributed by atoms with van der Waals surface area (Å²) in [7, 11) is 1.38. The van der Waals surface area contributed by atoms with E-state index in [1.165, 1.54) is 13.2 Å². The predicted octanol–water partition coefficient (Wildman–Crippen LogP) is 7.11. The molecule has 5 nitrogen and oxygen atoms in total. The molecule has 6 heteroatoms. The van der Waals surface area contributed by atoms with Crippen molar-refractivity contribution in [3.8, 4) is 28.7 Å². The number of halogens is 1. The van der Waals surface area contributed by atoms with Gasteiger partial charge < -0.3 is 14.2 Å². The van der Waals surface area contributed by atoms with Gasteiger partial charge in [0.15, 0.2) is 0 Å². The summed E-state index contributed by atoms with van der Waals surface area (Å²) in [6.45, 7) is 8.39. The zero-order chi connectivity index (χ0) is 26.7. The minimum Gasteiger partial charge on any atom is -0.492 e. The van der Waals surface area contributed by atoms with E-state index in [-0.39, 0.29) is 24.1 Å². The molecule has 2 atom stereocenters. The zero-order valence-electron chi connectivity index (χ0n) is 22.0. The van der Waals surface area contributed by atoms with Crippen LogP contribution in [0.4, 0.5) is 4.39 Å². The average Bonchev–Trinajstić information content (AvgIpc) is 3.50. The Hall–Kier alpha value is -3.85. The number of ether oxygens (including phenoxy) is 3. The molecule has 0 spiro atoms. The number of nitrogens with zero attached hydrogens (tertiary/aromatic N) is 1. The Morgan fingerprint density at radius 2 is 1.86 bits per heavy atom. The standard InChI is InChI=1S/C29H26FNO4.C2H6/c1-16-10-18(14-31)11-17(2)28(16)22-6-8-24(30)29-23(22)7-9-25(29)35-20-4-5-21-19(12-27(32)33-3)15-34-26(21)13-20;1-2/h4-6,8,10-11,13,19,25H,7,9,12,15H2,1-3H3;1-2H3/t19-,25-;/m1./s1. The summed E-state index contributed by atoms with van der Waals surface area (Å²) in [5, 5.41) is 9.29. The monoisotopic (exact) mass is 501 g/mol. The number of methoxy groups -OCH3 is 1. The van der Waals surface area contributed by atoms with Gasteiger partial charge in [0.05, 0.1) is 31.8 Å². The molecular formula is C31H32FNO4. The van der Waals surface area contributed by atoms with E-state index in [4.69, 9.17) is 14.2 Å². The number of esters is 1. The number of nitriles is 1. The maximum absolute atomic E-state index is 15.1. The smallest absolute Gasteiger partial charge is 0.306 e. The molecule has 0 saturated carbocycles. The van der Waals surface area contributed by atoms with E-state index in [0.717, 1.165) is 33.4 Å². The summed E-state index contributed by atoms with van der Waals surface area (Å²) in [4.78, 5) is 11.7. The minimum atomic E-state index is -0.408. The molecular weight excluding hydrogens is 469 g/mol. The molecule has 0 radical (unpaired) electrons. The molecule has 1 heterocycles. The van der Waals surface area contributed by atoms with E-state index in [1.54, 1.807) is 0 Å². The van der Waals surface area contributed by atoms with Crippen molar-refractivity contribution in [2.24, 2.45) is 0 Å². The largest absolute Gasteiger partial charge is 0.492 e. The molecule has 5 rings (SSSR count). The van der Waals surface area contributed by atoms with Crippen LogP contribution in [0.5, 0.6) is 11.5 Å². The van der Waals surface area contributed by atoms with Crippen LogP contribution < -0.4 is 9.47 Å². The van der Waals surface area contributed by atoms with Crippen LogP contribution >= 0.6 is 0 Å². The molecule has 0 fully saturated rings. The normalized spacial score (nSPS) is 17.0.